The molecule has 0 spiro atoms. The van der Waals surface area contributed by atoms with Crippen molar-refractivity contribution in [2.45, 2.75) is 13.1 Å². The monoisotopic (exact) mass is 339 g/mol. The highest BCUT2D eigenvalue weighted by atomic mass is 79.9. The Balaban J connectivity index is 1.86. The Hall–Kier alpha value is -1.37. The summed E-state index contributed by atoms with van der Waals surface area (Å²) in [5.74, 6) is 0.128. The quantitative estimate of drug-likeness (QED) is 0.339. The molecule has 2 rings (SSSR count). The number of thiophene rings is 1. The van der Waals surface area contributed by atoms with Crippen LogP contribution >= 0.6 is 27.3 Å². The molecule has 0 saturated carbocycles. The summed E-state index contributed by atoms with van der Waals surface area (Å²) in [4.78, 5) is 1.29. The van der Waals surface area contributed by atoms with Gasteiger partial charge in [-0.2, -0.15) is 0 Å². The summed E-state index contributed by atoms with van der Waals surface area (Å²) in [6.45, 7) is 1.63. The molecule has 0 radical (unpaired) electrons. The number of halogens is 1. The van der Waals surface area contributed by atoms with Crippen molar-refractivity contribution < 1.29 is 5.21 Å². The lowest BCUT2D eigenvalue weighted by Gasteiger charge is -2.04. The van der Waals surface area contributed by atoms with E-state index in [1.807, 2.05) is 30.3 Å². The van der Waals surface area contributed by atoms with Crippen molar-refractivity contribution in [2.75, 3.05) is 0 Å². The van der Waals surface area contributed by atoms with E-state index in [4.69, 9.17) is 10.9 Å². The molecule has 0 aliphatic rings. The van der Waals surface area contributed by atoms with E-state index < -0.39 is 0 Å². The van der Waals surface area contributed by atoms with Crippen LogP contribution in [0.1, 0.15) is 16.0 Å². The highest BCUT2D eigenvalue weighted by Gasteiger charge is 2.00. The number of rotatable bonds is 5. The van der Waals surface area contributed by atoms with E-state index in [-0.39, 0.29) is 5.84 Å². The first-order valence-corrected chi connectivity index (χ1v) is 7.32. The summed E-state index contributed by atoms with van der Waals surface area (Å²) in [6.07, 6.45) is 0. The maximum absolute atomic E-state index is 8.57. The van der Waals surface area contributed by atoms with Crippen molar-refractivity contribution in [3.8, 4) is 0 Å². The van der Waals surface area contributed by atoms with E-state index in [0.29, 0.717) is 5.56 Å². The van der Waals surface area contributed by atoms with Crippen LogP contribution in [0.25, 0.3) is 0 Å². The number of nitrogens with one attached hydrogen (secondary N) is 1. The second kappa shape index (κ2) is 6.70. The molecule has 0 atom stereocenters. The van der Waals surface area contributed by atoms with Crippen LogP contribution in [0.15, 0.2) is 45.3 Å². The van der Waals surface area contributed by atoms with Crippen LogP contribution < -0.4 is 11.1 Å². The van der Waals surface area contributed by atoms with Crippen molar-refractivity contribution in [1.82, 2.24) is 5.32 Å². The first kappa shape index (κ1) is 14.0. The first-order valence-electron chi connectivity index (χ1n) is 5.71. The van der Waals surface area contributed by atoms with Gasteiger partial charge in [0.05, 0.1) is 3.79 Å². The average Bonchev–Trinajstić information content (AvgIpc) is 2.84. The summed E-state index contributed by atoms with van der Waals surface area (Å²) in [6, 6.07) is 11.8. The smallest absolute Gasteiger partial charge is 0.170 e. The van der Waals surface area contributed by atoms with Gasteiger partial charge in [-0.25, -0.2) is 0 Å². The van der Waals surface area contributed by atoms with Gasteiger partial charge in [-0.15, -0.1) is 11.3 Å². The molecule has 1 heterocycles. The summed E-state index contributed by atoms with van der Waals surface area (Å²) < 4.78 is 1.15. The van der Waals surface area contributed by atoms with Gasteiger partial charge in [0.1, 0.15) is 0 Å². The minimum absolute atomic E-state index is 0.128. The largest absolute Gasteiger partial charge is 0.409 e. The van der Waals surface area contributed by atoms with Gasteiger partial charge in [-0.3, -0.25) is 0 Å². The summed E-state index contributed by atoms with van der Waals surface area (Å²) >= 11 is 5.17. The van der Waals surface area contributed by atoms with Crippen LogP contribution in [0.4, 0.5) is 0 Å². The number of nitrogens with zero attached hydrogens (tertiary/aromatic N) is 1. The minimum atomic E-state index is 0.128. The highest BCUT2D eigenvalue weighted by molar-refractivity contribution is 9.11. The third-order valence-electron chi connectivity index (χ3n) is 2.61. The Morgan fingerprint density at radius 3 is 2.53 bits per heavy atom. The second-order valence-electron chi connectivity index (χ2n) is 3.99. The van der Waals surface area contributed by atoms with Crippen molar-refractivity contribution in [2.24, 2.45) is 10.9 Å². The number of amidine groups is 1. The third-order valence-corrected chi connectivity index (χ3v) is 4.24. The van der Waals surface area contributed by atoms with E-state index >= 15 is 0 Å². The predicted octanol–water partition coefficient (Wildman–Crippen LogP) is 2.89. The fraction of sp³-hybridized carbons (Fsp3) is 0.154. The lowest BCUT2D eigenvalue weighted by Crippen LogP contribution is -2.14. The molecule has 100 valence electrons. The predicted molar refractivity (Wildman–Crippen MR) is 81.5 cm³/mol. The molecule has 0 saturated heterocycles. The van der Waals surface area contributed by atoms with Gasteiger partial charge in [0.2, 0.25) is 0 Å². The second-order valence-corrected chi connectivity index (χ2v) is 6.54. The molecular weight excluding hydrogens is 326 g/mol. The summed E-state index contributed by atoms with van der Waals surface area (Å²) in [5.41, 5.74) is 7.38. The molecule has 2 aromatic rings. The van der Waals surface area contributed by atoms with E-state index in [9.17, 15) is 0 Å². The van der Waals surface area contributed by atoms with Gasteiger partial charge < -0.3 is 16.3 Å². The van der Waals surface area contributed by atoms with E-state index in [1.54, 1.807) is 11.3 Å². The number of oxime groups is 1. The van der Waals surface area contributed by atoms with Crippen LogP contribution in [0.5, 0.6) is 0 Å². The van der Waals surface area contributed by atoms with Crippen LogP contribution in [0.2, 0.25) is 0 Å². The van der Waals surface area contributed by atoms with Gasteiger partial charge >= 0.3 is 0 Å². The zero-order chi connectivity index (χ0) is 13.7. The maximum atomic E-state index is 8.57. The van der Waals surface area contributed by atoms with Gasteiger partial charge in [0.25, 0.3) is 0 Å². The van der Waals surface area contributed by atoms with E-state index in [2.05, 4.69) is 32.5 Å². The molecule has 0 fully saturated rings. The number of hydrogen-bond donors (Lipinski definition) is 3. The third kappa shape index (κ3) is 4.05. The standard InChI is InChI=1S/C13H14BrN3OS/c14-12-6-5-11(19-12)8-16-7-9-1-3-10(4-2-9)13(15)17-18/h1-6,16,18H,7-8H2,(H2,15,17). The molecule has 4 N–H and O–H groups in total. The van der Waals surface area contributed by atoms with E-state index in [1.165, 1.54) is 4.88 Å². The van der Waals surface area contributed by atoms with Crippen LogP contribution in [0.3, 0.4) is 0 Å². The maximum Gasteiger partial charge on any atom is 0.170 e. The molecule has 4 nitrogen and oxygen atoms in total. The first-order chi connectivity index (χ1) is 9.19. The number of hydrogen-bond acceptors (Lipinski definition) is 4. The summed E-state index contributed by atoms with van der Waals surface area (Å²) in [5, 5.41) is 14.9. The van der Waals surface area contributed by atoms with E-state index in [0.717, 1.165) is 22.4 Å². The van der Waals surface area contributed by atoms with Gasteiger partial charge in [0.15, 0.2) is 5.84 Å². The SMILES string of the molecule is NC(=NO)c1ccc(CNCc2ccc(Br)s2)cc1. The average molecular weight is 340 g/mol. The molecule has 6 heteroatoms. The molecule has 19 heavy (non-hydrogen) atoms. The van der Waals surface area contributed by atoms with Gasteiger partial charge in [-0.1, -0.05) is 29.4 Å². The molecule has 0 unspecified atom stereocenters. The highest BCUT2D eigenvalue weighted by Crippen LogP contribution is 2.21. The lowest BCUT2D eigenvalue weighted by molar-refractivity contribution is 0.318. The fourth-order valence-corrected chi connectivity index (χ4v) is 3.08. The zero-order valence-corrected chi connectivity index (χ0v) is 12.5. The molecular formula is C13H14BrN3OS. The van der Waals surface area contributed by atoms with Gasteiger partial charge in [-0.05, 0) is 33.6 Å². The van der Waals surface area contributed by atoms with Crippen LogP contribution in [0, 0.1) is 0 Å². The Labute approximate surface area is 124 Å². The molecule has 0 amide bonds. The Kier molecular flexibility index (Phi) is 4.95. The Bertz CT molecular complexity index is 566. The van der Waals surface area contributed by atoms with Gasteiger partial charge in [0, 0.05) is 23.5 Å². The minimum Gasteiger partial charge on any atom is -0.409 e. The van der Waals surface area contributed by atoms with Crippen LogP contribution in [-0.2, 0) is 13.1 Å². The lowest BCUT2D eigenvalue weighted by atomic mass is 10.1. The van der Waals surface area contributed by atoms with Crippen molar-refractivity contribution >= 4 is 33.1 Å². The van der Waals surface area contributed by atoms with Crippen molar-refractivity contribution in [3.05, 3.63) is 56.2 Å². The number of benzene rings is 1. The number of nitrogens with two attached hydrogens (primary N) is 1. The summed E-state index contributed by atoms with van der Waals surface area (Å²) in [7, 11) is 0. The molecule has 0 aliphatic carbocycles. The van der Waals surface area contributed by atoms with Crippen molar-refractivity contribution in [3.63, 3.8) is 0 Å². The Morgan fingerprint density at radius 1 is 1.21 bits per heavy atom. The molecule has 0 aliphatic heterocycles. The fourth-order valence-electron chi connectivity index (χ4n) is 1.63. The molecule has 0 bridgehead atoms. The molecule has 1 aromatic carbocycles. The zero-order valence-electron chi connectivity index (χ0n) is 10.1. The van der Waals surface area contributed by atoms with Crippen molar-refractivity contribution in [1.29, 1.82) is 0 Å². The van der Waals surface area contributed by atoms with Crippen LogP contribution in [-0.4, -0.2) is 11.0 Å². The Morgan fingerprint density at radius 2 is 1.95 bits per heavy atom. The normalized spacial score (nSPS) is 11.7. The topological polar surface area (TPSA) is 70.6 Å². The molecule has 1 aromatic heterocycles.